The molecule has 1 unspecified atom stereocenters. The van der Waals surface area contributed by atoms with Gasteiger partial charge in [-0.2, -0.15) is 0 Å². The molecular weight excluding hydrogens is 230 g/mol. The predicted molar refractivity (Wildman–Crippen MR) is 84.0 cm³/mol. The number of benzene rings is 1. The van der Waals surface area contributed by atoms with Gasteiger partial charge < -0.3 is 4.90 Å². The summed E-state index contributed by atoms with van der Waals surface area (Å²) in [4.78, 5) is 2.49. The molecule has 1 fully saturated rings. The summed E-state index contributed by atoms with van der Waals surface area (Å²) in [5, 5.41) is 0. The van der Waals surface area contributed by atoms with Crippen molar-refractivity contribution < 1.29 is 0 Å². The molecule has 0 aromatic heterocycles. The molecule has 1 aromatic carbocycles. The first-order valence-electron chi connectivity index (χ1n) is 7.55. The van der Waals surface area contributed by atoms with Crippen molar-refractivity contribution in [2.75, 3.05) is 13.1 Å². The molecule has 0 saturated carbocycles. The van der Waals surface area contributed by atoms with Gasteiger partial charge in [-0.1, -0.05) is 56.7 Å². The Labute approximate surface area is 118 Å². The minimum absolute atomic E-state index is 0.473. The van der Waals surface area contributed by atoms with Gasteiger partial charge in [-0.3, -0.25) is 0 Å². The Morgan fingerprint density at radius 1 is 1.32 bits per heavy atom. The topological polar surface area (TPSA) is 3.24 Å². The summed E-state index contributed by atoms with van der Waals surface area (Å²) in [5.74, 6) is 0. The molecule has 1 heterocycles. The van der Waals surface area contributed by atoms with E-state index < -0.39 is 0 Å². The standard InChI is InChI=1S/C18H27N/c1-5-11-18(4)12-6-13-19(14-18)16(3)17-9-7-15(2)8-10-17/h7-10H,3,5-6,11-14H2,1-2,4H3. The highest BCUT2D eigenvalue weighted by molar-refractivity contribution is 5.62. The zero-order valence-corrected chi connectivity index (χ0v) is 12.7. The second-order valence-electron chi connectivity index (χ2n) is 6.40. The summed E-state index contributed by atoms with van der Waals surface area (Å²) >= 11 is 0. The van der Waals surface area contributed by atoms with Crippen LogP contribution >= 0.6 is 0 Å². The van der Waals surface area contributed by atoms with E-state index in [0.717, 1.165) is 13.1 Å². The fraction of sp³-hybridized carbons (Fsp3) is 0.556. The molecule has 104 valence electrons. The summed E-state index contributed by atoms with van der Waals surface area (Å²) in [6, 6.07) is 8.75. The molecule has 0 radical (unpaired) electrons. The molecule has 1 nitrogen and oxygen atoms in total. The Bertz CT molecular complexity index is 428. The third kappa shape index (κ3) is 3.40. The highest BCUT2D eigenvalue weighted by atomic mass is 15.1. The van der Waals surface area contributed by atoms with Gasteiger partial charge in [0, 0.05) is 18.8 Å². The van der Waals surface area contributed by atoms with Gasteiger partial charge in [-0.05, 0) is 37.2 Å². The zero-order chi connectivity index (χ0) is 13.9. The average Bonchev–Trinajstić information content (AvgIpc) is 2.39. The van der Waals surface area contributed by atoms with Crippen LogP contribution in [-0.4, -0.2) is 18.0 Å². The van der Waals surface area contributed by atoms with Crippen molar-refractivity contribution in [2.45, 2.75) is 46.5 Å². The lowest BCUT2D eigenvalue weighted by Gasteiger charge is -2.42. The van der Waals surface area contributed by atoms with Crippen LogP contribution in [0.3, 0.4) is 0 Å². The summed E-state index contributed by atoms with van der Waals surface area (Å²) in [7, 11) is 0. The number of rotatable bonds is 4. The highest BCUT2D eigenvalue weighted by Gasteiger charge is 2.30. The lowest BCUT2D eigenvalue weighted by molar-refractivity contribution is 0.139. The van der Waals surface area contributed by atoms with Crippen molar-refractivity contribution >= 4 is 5.70 Å². The Hall–Kier alpha value is -1.24. The van der Waals surface area contributed by atoms with E-state index in [1.54, 1.807) is 0 Å². The molecule has 0 aliphatic carbocycles. The Morgan fingerprint density at radius 2 is 2.00 bits per heavy atom. The van der Waals surface area contributed by atoms with E-state index in [1.165, 1.54) is 42.5 Å². The number of piperidine rings is 1. The van der Waals surface area contributed by atoms with Crippen LogP contribution in [0, 0.1) is 12.3 Å². The highest BCUT2D eigenvalue weighted by Crippen LogP contribution is 2.36. The Morgan fingerprint density at radius 3 is 2.63 bits per heavy atom. The maximum absolute atomic E-state index is 4.33. The van der Waals surface area contributed by atoms with Crippen LogP contribution in [0.25, 0.3) is 5.70 Å². The van der Waals surface area contributed by atoms with Gasteiger partial charge >= 0.3 is 0 Å². The minimum atomic E-state index is 0.473. The van der Waals surface area contributed by atoms with Crippen molar-refractivity contribution in [2.24, 2.45) is 5.41 Å². The van der Waals surface area contributed by atoms with Gasteiger partial charge in [0.2, 0.25) is 0 Å². The maximum atomic E-state index is 4.33. The number of hydrogen-bond acceptors (Lipinski definition) is 1. The molecule has 1 saturated heterocycles. The maximum Gasteiger partial charge on any atom is 0.0366 e. The molecule has 2 rings (SSSR count). The van der Waals surface area contributed by atoms with Gasteiger partial charge in [0.1, 0.15) is 0 Å². The molecule has 0 N–H and O–H groups in total. The van der Waals surface area contributed by atoms with Crippen LogP contribution in [0.2, 0.25) is 0 Å². The van der Waals surface area contributed by atoms with Gasteiger partial charge in [-0.15, -0.1) is 0 Å². The van der Waals surface area contributed by atoms with E-state index in [9.17, 15) is 0 Å². The van der Waals surface area contributed by atoms with Gasteiger partial charge in [0.25, 0.3) is 0 Å². The number of aryl methyl sites for hydroxylation is 1. The summed E-state index contributed by atoms with van der Waals surface area (Å²) < 4.78 is 0. The first kappa shape index (κ1) is 14.2. The van der Waals surface area contributed by atoms with E-state index in [2.05, 4.69) is 56.5 Å². The van der Waals surface area contributed by atoms with Gasteiger partial charge in [0.15, 0.2) is 0 Å². The fourth-order valence-corrected chi connectivity index (χ4v) is 3.28. The molecule has 0 bridgehead atoms. The van der Waals surface area contributed by atoms with E-state index in [4.69, 9.17) is 0 Å². The SMILES string of the molecule is C=C(c1ccc(C)cc1)N1CCCC(C)(CCC)C1. The fourth-order valence-electron chi connectivity index (χ4n) is 3.28. The summed E-state index contributed by atoms with van der Waals surface area (Å²) in [6.07, 6.45) is 5.26. The van der Waals surface area contributed by atoms with Crippen LogP contribution < -0.4 is 0 Å². The van der Waals surface area contributed by atoms with Crippen molar-refractivity contribution in [1.29, 1.82) is 0 Å². The summed E-state index contributed by atoms with van der Waals surface area (Å²) in [5.41, 5.74) is 4.25. The monoisotopic (exact) mass is 257 g/mol. The first-order chi connectivity index (χ1) is 9.04. The minimum Gasteiger partial charge on any atom is -0.371 e. The van der Waals surface area contributed by atoms with Crippen LogP contribution in [0.15, 0.2) is 30.8 Å². The predicted octanol–water partition coefficient (Wildman–Crippen LogP) is 4.87. The van der Waals surface area contributed by atoms with Crippen molar-refractivity contribution in [3.05, 3.63) is 42.0 Å². The number of hydrogen-bond donors (Lipinski definition) is 0. The average molecular weight is 257 g/mol. The second-order valence-corrected chi connectivity index (χ2v) is 6.40. The molecule has 19 heavy (non-hydrogen) atoms. The van der Waals surface area contributed by atoms with E-state index in [0.29, 0.717) is 5.41 Å². The van der Waals surface area contributed by atoms with Gasteiger partial charge in [-0.25, -0.2) is 0 Å². The van der Waals surface area contributed by atoms with Crippen LogP contribution in [0.5, 0.6) is 0 Å². The second kappa shape index (κ2) is 5.81. The smallest absolute Gasteiger partial charge is 0.0366 e. The van der Waals surface area contributed by atoms with Crippen LogP contribution in [-0.2, 0) is 0 Å². The molecule has 1 aliphatic rings. The zero-order valence-electron chi connectivity index (χ0n) is 12.7. The molecular formula is C18H27N. The van der Waals surface area contributed by atoms with E-state index >= 15 is 0 Å². The van der Waals surface area contributed by atoms with E-state index in [1.807, 2.05) is 0 Å². The largest absolute Gasteiger partial charge is 0.371 e. The molecule has 1 atom stereocenters. The lowest BCUT2D eigenvalue weighted by Crippen LogP contribution is -2.40. The Balaban J connectivity index is 2.09. The van der Waals surface area contributed by atoms with E-state index in [-0.39, 0.29) is 0 Å². The first-order valence-corrected chi connectivity index (χ1v) is 7.55. The summed E-state index contributed by atoms with van der Waals surface area (Å²) in [6.45, 7) is 13.5. The molecule has 1 aromatic rings. The van der Waals surface area contributed by atoms with Crippen molar-refractivity contribution in [3.8, 4) is 0 Å². The van der Waals surface area contributed by atoms with Crippen LogP contribution in [0.4, 0.5) is 0 Å². The van der Waals surface area contributed by atoms with Crippen molar-refractivity contribution in [1.82, 2.24) is 4.90 Å². The normalized spacial score (nSPS) is 23.4. The van der Waals surface area contributed by atoms with Crippen molar-refractivity contribution in [3.63, 3.8) is 0 Å². The van der Waals surface area contributed by atoms with Gasteiger partial charge in [0.05, 0.1) is 0 Å². The lowest BCUT2D eigenvalue weighted by atomic mass is 9.78. The molecule has 1 heteroatoms. The van der Waals surface area contributed by atoms with Crippen LogP contribution in [0.1, 0.15) is 50.7 Å². The third-order valence-electron chi connectivity index (χ3n) is 4.40. The third-order valence-corrected chi connectivity index (χ3v) is 4.40. The number of likely N-dealkylation sites (tertiary alicyclic amines) is 1. The number of nitrogens with zero attached hydrogens (tertiary/aromatic N) is 1. The molecule has 0 amide bonds. The molecule has 1 aliphatic heterocycles. The molecule has 0 spiro atoms. The quantitative estimate of drug-likeness (QED) is 0.744. The Kier molecular flexibility index (Phi) is 4.34.